The van der Waals surface area contributed by atoms with Gasteiger partial charge in [-0.05, 0) is 18.6 Å². The van der Waals surface area contributed by atoms with E-state index in [2.05, 4.69) is 11.6 Å². The second-order valence-corrected chi connectivity index (χ2v) is 4.99. The summed E-state index contributed by atoms with van der Waals surface area (Å²) in [4.78, 5) is 16.9. The van der Waals surface area contributed by atoms with Gasteiger partial charge in [-0.1, -0.05) is 30.3 Å². The number of hydrogen-bond acceptors (Lipinski definition) is 2. The highest BCUT2D eigenvalue weighted by molar-refractivity contribution is 6.35. The Labute approximate surface area is 122 Å². The summed E-state index contributed by atoms with van der Waals surface area (Å²) in [6, 6.07) is 9.26. The van der Waals surface area contributed by atoms with Gasteiger partial charge in [0.15, 0.2) is 0 Å². The van der Waals surface area contributed by atoms with Gasteiger partial charge in [0.1, 0.15) is 5.69 Å². The molecule has 0 saturated heterocycles. The Bertz CT molecular complexity index is 711. The van der Waals surface area contributed by atoms with E-state index >= 15 is 0 Å². The topological polar surface area (TPSA) is 59.9 Å². The standard InChI is InChI=1S/C15H14ClN3O/c1-10(9-17)6-7-19(2)15(20)13-8-11-4-3-5-12(16)14(11)18-13/h3-5,8,18H,1,6-7H2,2H3. The van der Waals surface area contributed by atoms with Crippen LogP contribution in [-0.4, -0.2) is 29.4 Å². The first kappa shape index (κ1) is 14.2. The maximum absolute atomic E-state index is 12.3. The van der Waals surface area contributed by atoms with E-state index in [1.165, 1.54) is 0 Å². The number of nitriles is 1. The minimum absolute atomic E-state index is 0.136. The van der Waals surface area contributed by atoms with E-state index in [9.17, 15) is 4.79 Å². The van der Waals surface area contributed by atoms with E-state index in [1.54, 1.807) is 24.1 Å². The minimum Gasteiger partial charge on any atom is -0.349 e. The summed E-state index contributed by atoms with van der Waals surface area (Å²) in [6.45, 7) is 4.05. The Morgan fingerprint density at radius 2 is 2.30 bits per heavy atom. The van der Waals surface area contributed by atoms with Crippen LogP contribution in [0.3, 0.4) is 0 Å². The molecule has 0 radical (unpaired) electrons. The average molecular weight is 288 g/mol. The number of aromatic amines is 1. The van der Waals surface area contributed by atoms with Crippen LogP contribution in [0.2, 0.25) is 5.02 Å². The number of rotatable bonds is 4. The molecule has 5 heteroatoms. The van der Waals surface area contributed by atoms with E-state index < -0.39 is 0 Å². The van der Waals surface area contributed by atoms with Gasteiger partial charge in [-0.15, -0.1) is 0 Å². The molecule has 1 N–H and O–H groups in total. The van der Waals surface area contributed by atoms with Gasteiger partial charge in [0.05, 0.1) is 16.6 Å². The molecule has 1 aromatic carbocycles. The van der Waals surface area contributed by atoms with Gasteiger partial charge in [-0.3, -0.25) is 4.79 Å². The molecular weight excluding hydrogens is 274 g/mol. The van der Waals surface area contributed by atoms with E-state index in [4.69, 9.17) is 16.9 Å². The van der Waals surface area contributed by atoms with Gasteiger partial charge in [-0.2, -0.15) is 5.26 Å². The Morgan fingerprint density at radius 3 is 2.95 bits per heavy atom. The van der Waals surface area contributed by atoms with Gasteiger partial charge in [0.2, 0.25) is 0 Å². The van der Waals surface area contributed by atoms with Crippen LogP contribution in [-0.2, 0) is 0 Å². The lowest BCUT2D eigenvalue weighted by atomic mass is 10.2. The van der Waals surface area contributed by atoms with Crippen molar-refractivity contribution in [2.45, 2.75) is 6.42 Å². The van der Waals surface area contributed by atoms with Crippen molar-refractivity contribution in [1.82, 2.24) is 9.88 Å². The first-order valence-electron chi connectivity index (χ1n) is 6.13. The molecule has 0 spiro atoms. The molecule has 2 aromatic rings. The number of carbonyl (C=O) groups excluding carboxylic acids is 1. The van der Waals surface area contributed by atoms with Crippen LogP contribution in [0.15, 0.2) is 36.4 Å². The Kier molecular flexibility index (Phi) is 4.11. The Balaban J connectivity index is 2.17. The smallest absolute Gasteiger partial charge is 0.270 e. The van der Waals surface area contributed by atoms with Crippen molar-refractivity contribution < 1.29 is 4.79 Å². The fourth-order valence-electron chi connectivity index (χ4n) is 1.90. The Morgan fingerprint density at radius 1 is 1.55 bits per heavy atom. The highest BCUT2D eigenvalue weighted by Crippen LogP contribution is 2.23. The van der Waals surface area contributed by atoms with Crippen LogP contribution in [0.5, 0.6) is 0 Å². The van der Waals surface area contributed by atoms with Crippen molar-refractivity contribution in [2.75, 3.05) is 13.6 Å². The highest BCUT2D eigenvalue weighted by Gasteiger charge is 2.15. The van der Waals surface area contributed by atoms with E-state index in [0.29, 0.717) is 29.3 Å². The number of nitrogens with zero attached hydrogens (tertiary/aromatic N) is 2. The molecule has 0 atom stereocenters. The molecule has 0 aliphatic rings. The number of benzene rings is 1. The number of amides is 1. The van der Waals surface area contributed by atoms with Gasteiger partial charge in [0.25, 0.3) is 5.91 Å². The van der Waals surface area contributed by atoms with Gasteiger partial charge < -0.3 is 9.88 Å². The number of carbonyl (C=O) groups is 1. The van der Waals surface area contributed by atoms with Crippen molar-refractivity contribution in [3.63, 3.8) is 0 Å². The van der Waals surface area contributed by atoms with Crippen LogP contribution in [0, 0.1) is 11.3 Å². The van der Waals surface area contributed by atoms with Crippen molar-refractivity contribution in [3.05, 3.63) is 47.1 Å². The predicted molar refractivity (Wildman–Crippen MR) is 79.6 cm³/mol. The Hall–Kier alpha value is -2.25. The third kappa shape index (κ3) is 2.84. The maximum Gasteiger partial charge on any atom is 0.270 e. The molecule has 0 saturated carbocycles. The van der Waals surface area contributed by atoms with Crippen LogP contribution >= 0.6 is 11.6 Å². The molecule has 102 valence electrons. The number of para-hydroxylation sites is 1. The number of nitrogens with one attached hydrogen (secondary N) is 1. The van der Waals surface area contributed by atoms with E-state index in [-0.39, 0.29) is 5.91 Å². The third-order valence-electron chi connectivity index (χ3n) is 3.09. The molecule has 1 heterocycles. The normalized spacial score (nSPS) is 10.2. The summed E-state index contributed by atoms with van der Waals surface area (Å²) in [5.74, 6) is -0.136. The number of aromatic nitrogens is 1. The van der Waals surface area contributed by atoms with E-state index in [0.717, 1.165) is 10.9 Å². The van der Waals surface area contributed by atoms with Crippen LogP contribution in [0.4, 0.5) is 0 Å². The zero-order chi connectivity index (χ0) is 14.7. The first-order chi connectivity index (χ1) is 9.52. The van der Waals surface area contributed by atoms with Crippen molar-refractivity contribution >= 4 is 28.4 Å². The summed E-state index contributed by atoms with van der Waals surface area (Å²) in [6.07, 6.45) is 0.472. The summed E-state index contributed by atoms with van der Waals surface area (Å²) >= 11 is 6.07. The molecule has 0 bridgehead atoms. The van der Waals surface area contributed by atoms with Crippen LogP contribution < -0.4 is 0 Å². The van der Waals surface area contributed by atoms with Gasteiger partial charge in [0, 0.05) is 24.6 Å². The highest BCUT2D eigenvalue weighted by atomic mass is 35.5. The summed E-state index contributed by atoms with van der Waals surface area (Å²) in [7, 11) is 1.69. The largest absolute Gasteiger partial charge is 0.349 e. The molecule has 0 fully saturated rings. The number of fused-ring (bicyclic) bond motifs is 1. The fourth-order valence-corrected chi connectivity index (χ4v) is 2.13. The van der Waals surface area contributed by atoms with Crippen LogP contribution in [0.1, 0.15) is 16.9 Å². The SMILES string of the molecule is C=C(C#N)CCN(C)C(=O)c1cc2cccc(Cl)c2[nH]1. The summed E-state index contributed by atoms with van der Waals surface area (Å²) in [5.41, 5.74) is 1.70. The lowest BCUT2D eigenvalue weighted by Crippen LogP contribution is -2.28. The summed E-state index contributed by atoms with van der Waals surface area (Å²) < 4.78 is 0. The molecular formula is C15H14ClN3O. The number of H-pyrrole nitrogens is 1. The molecule has 0 aliphatic carbocycles. The minimum atomic E-state index is -0.136. The van der Waals surface area contributed by atoms with Crippen molar-refractivity contribution in [1.29, 1.82) is 5.26 Å². The molecule has 20 heavy (non-hydrogen) atoms. The van der Waals surface area contributed by atoms with Gasteiger partial charge in [-0.25, -0.2) is 0 Å². The van der Waals surface area contributed by atoms with Crippen LogP contribution in [0.25, 0.3) is 10.9 Å². The molecule has 4 nitrogen and oxygen atoms in total. The fraction of sp³-hybridized carbons (Fsp3) is 0.200. The van der Waals surface area contributed by atoms with Crippen molar-refractivity contribution in [3.8, 4) is 6.07 Å². The zero-order valence-corrected chi connectivity index (χ0v) is 11.9. The monoisotopic (exact) mass is 287 g/mol. The second kappa shape index (κ2) is 5.81. The first-order valence-corrected chi connectivity index (χ1v) is 6.51. The maximum atomic E-state index is 12.3. The summed E-state index contributed by atoms with van der Waals surface area (Å²) in [5, 5.41) is 10.1. The van der Waals surface area contributed by atoms with Gasteiger partial charge >= 0.3 is 0 Å². The van der Waals surface area contributed by atoms with E-state index in [1.807, 2.05) is 18.2 Å². The zero-order valence-electron chi connectivity index (χ0n) is 11.1. The molecule has 0 aliphatic heterocycles. The second-order valence-electron chi connectivity index (χ2n) is 4.58. The quantitative estimate of drug-likeness (QED) is 0.877. The molecule has 1 amide bonds. The number of halogens is 1. The van der Waals surface area contributed by atoms with Crippen molar-refractivity contribution in [2.24, 2.45) is 0 Å². The average Bonchev–Trinajstić information content (AvgIpc) is 2.89. The number of hydrogen-bond donors (Lipinski definition) is 1. The molecule has 1 aromatic heterocycles. The molecule has 0 unspecified atom stereocenters. The third-order valence-corrected chi connectivity index (χ3v) is 3.40. The molecule has 2 rings (SSSR count). The predicted octanol–water partition coefficient (Wildman–Crippen LogP) is 3.36. The lowest BCUT2D eigenvalue weighted by molar-refractivity contribution is 0.0792. The lowest BCUT2D eigenvalue weighted by Gasteiger charge is -2.15.